The minimum atomic E-state index is -0.766. The summed E-state index contributed by atoms with van der Waals surface area (Å²) in [4.78, 5) is 23.8. The van der Waals surface area contributed by atoms with Gasteiger partial charge in [-0.05, 0) is 36.8 Å². The lowest BCUT2D eigenvalue weighted by Crippen LogP contribution is -2.31. The van der Waals surface area contributed by atoms with Crippen LogP contribution in [0.1, 0.15) is 30.5 Å². The van der Waals surface area contributed by atoms with E-state index in [4.69, 9.17) is 14.2 Å². The van der Waals surface area contributed by atoms with Crippen LogP contribution in [-0.2, 0) is 14.3 Å². The highest BCUT2D eigenvalue weighted by Crippen LogP contribution is 2.30. The number of carbonyl (C=O) groups is 2. The van der Waals surface area contributed by atoms with Gasteiger partial charge in [0, 0.05) is 24.1 Å². The Hall–Kier alpha value is -3.42. The average Bonchev–Trinajstić information content (AvgIpc) is 2.95. The van der Waals surface area contributed by atoms with Crippen LogP contribution in [0.25, 0.3) is 6.08 Å². The molecule has 0 spiro atoms. The molecule has 0 saturated carbocycles. The molecule has 0 unspecified atom stereocenters. The molecule has 0 bridgehead atoms. The van der Waals surface area contributed by atoms with Gasteiger partial charge in [0.05, 0.1) is 19.3 Å². The number of halogens is 2. The van der Waals surface area contributed by atoms with Crippen LogP contribution in [-0.4, -0.2) is 31.7 Å². The van der Waals surface area contributed by atoms with Crippen LogP contribution in [0.2, 0.25) is 0 Å². The molecule has 0 saturated heterocycles. The first-order chi connectivity index (χ1) is 14.4. The molecular weight excluding hydrogens is 396 g/mol. The number of fused-ring (bicyclic) bond motifs is 1. The molecule has 0 aliphatic carbocycles. The molecule has 1 atom stereocenters. The van der Waals surface area contributed by atoms with Gasteiger partial charge in [-0.3, -0.25) is 4.79 Å². The first-order valence-electron chi connectivity index (χ1n) is 9.41. The van der Waals surface area contributed by atoms with Gasteiger partial charge in [0.2, 0.25) is 0 Å². The summed E-state index contributed by atoms with van der Waals surface area (Å²) in [6, 6.07) is 7.65. The Balaban J connectivity index is 1.49. The van der Waals surface area contributed by atoms with E-state index in [-0.39, 0.29) is 5.56 Å². The molecule has 30 heavy (non-hydrogen) atoms. The van der Waals surface area contributed by atoms with Gasteiger partial charge in [0.1, 0.15) is 11.6 Å². The highest BCUT2D eigenvalue weighted by molar-refractivity contribution is 5.89. The molecule has 158 valence electrons. The highest BCUT2D eigenvalue weighted by atomic mass is 19.1. The molecular formula is C22H21F2NO5. The van der Waals surface area contributed by atoms with Crippen LogP contribution in [0.5, 0.6) is 11.5 Å². The SMILES string of the molecule is C[C@H](NC(=O)COC(=O)/C=C/c1ccc2c(c1)OCCCO2)c1ccc(F)cc1F. The zero-order chi connectivity index (χ0) is 21.5. The normalized spacial score (nSPS) is 14.1. The number of hydrogen-bond acceptors (Lipinski definition) is 5. The van der Waals surface area contributed by atoms with Gasteiger partial charge in [-0.1, -0.05) is 12.1 Å². The number of benzene rings is 2. The first kappa shape index (κ1) is 21.3. The average molecular weight is 417 g/mol. The monoisotopic (exact) mass is 417 g/mol. The molecule has 2 aromatic rings. The Morgan fingerprint density at radius 2 is 1.90 bits per heavy atom. The molecule has 6 nitrogen and oxygen atoms in total. The standard InChI is InChI=1S/C22H21F2NO5/c1-14(17-6-5-16(23)12-18(17)24)25-21(26)13-30-22(27)8-4-15-3-7-19-20(11-15)29-10-2-9-28-19/h3-8,11-12,14H,2,9-10,13H2,1H3,(H,25,26)/b8-4+/t14-/m0/s1. The van der Waals surface area contributed by atoms with E-state index in [0.717, 1.165) is 18.6 Å². The second-order valence-electron chi connectivity index (χ2n) is 6.65. The van der Waals surface area contributed by atoms with E-state index < -0.39 is 36.2 Å². The predicted molar refractivity (Wildman–Crippen MR) is 105 cm³/mol. The molecule has 0 aromatic heterocycles. The molecule has 0 fully saturated rings. The van der Waals surface area contributed by atoms with Crippen molar-refractivity contribution >= 4 is 18.0 Å². The molecule has 8 heteroatoms. The maximum Gasteiger partial charge on any atom is 0.331 e. The zero-order valence-corrected chi connectivity index (χ0v) is 16.3. The van der Waals surface area contributed by atoms with E-state index >= 15 is 0 Å². The van der Waals surface area contributed by atoms with Crippen molar-refractivity contribution in [1.82, 2.24) is 5.32 Å². The third-order valence-electron chi connectivity index (χ3n) is 4.34. The Labute approximate surface area is 172 Å². The van der Waals surface area contributed by atoms with Gasteiger partial charge >= 0.3 is 5.97 Å². The smallest absolute Gasteiger partial charge is 0.331 e. The topological polar surface area (TPSA) is 73.9 Å². The Kier molecular flexibility index (Phi) is 7.00. The van der Waals surface area contributed by atoms with E-state index in [2.05, 4.69) is 5.32 Å². The van der Waals surface area contributed by atoms with Crippen LogP contribution in [0.4, 0.5) is 8.78 Å². The van der Waals surface area contributed by atoms with Crippen LogP contribution >= 0.6 is 0 Å². The minimum absolute atomic E-state index is 0.130. The van der Waals surface area contributed by atoms with Gasteiger partial charge in [-0.15, -0.1) is 0 Å². The van der Waals surface area contributed by atoms with Crippen molar-refractivity contribution in [1.29, 1.82) is 0 Å². The Morgan fingerprint density at radius 3 is 2.67 bits per heavy atom. The summed E-state index contributed by atoms with van der Waals surface area (Å²) < 4.78 is 42.8. The van der Waals surface area contributed by atoms with Gasteiger partial charge in [0.15, 0.2) is 18.1 Å². The maximum absolute atomic E-state index is 13.8. The third-order valence-corrected chi connectivity index (χ3v) is 4.34. The summed E-state index contributed by atoms with van der Waals surface area (Å²) in [6.45, 7) is 2.15. The summed E-state index contributed by atoms with van der Waals surface area (Å²) in [5.74, 6) is -1.54. The van der Waals surface area contributed by atoms with Gasteiger partial charge in [-0.25, -0.2) is 13.6 Å². The fourth-order valence-corrected chi connectivity index (χ4v) is 2.85. The lowest BCUT2D eigenvalue weighted by molar-refractivity contribution is -0.144. The number of nitrogens with one attached hydrogen (secondary N) is 1. The highest BCUT2D eigenvalue weighted by Gasteiger charge is 2.15. The van der Waals surface area contributed by atoms with Crippen molar-refractivity contribution in [3.8, 4) is 11.5 Å². The van der Waals surface area contributed by atoms with Crippen molar-refractivity contribution in [2.45, 2.75) is 19.4 Å². The lowest BCUT2D eigenvalue weighted by Gasteiger charge is -2.15. The number of hydrogen-bond donors (Lipinski definition) is 1. The molecule has 1 amide bonds. The van der Waals surface area contributed by atoms with Crippen LogP contribution in [0.15, 0.2) is 42.5 Å². The van der Waals surface area contributed by atoms with Crippen LogP contribution in [0.3, 0.4) is 0 Å². The summed E-state index contributed by atoms with van der Waals surface area (Å²) in [5.41, 5.74) is 0.839. The molecule has 3 rings (SSSR count). The second kappa shape index (κ2) is 9.87. The predicted octanol–water partition coefficient (Wildman–Crippen LogP) is 3.56. The Morgan fingerprint density at radius 1 is 1.13 bits per heavy atom. The van der Waals surface area contributed by atoms with Gasteiger partial charge in [0.25, 0.3) is 5.91 Å². The molecule has 1 aliphatic rings. The zero-order valence-electron chi connectivity index (χ0n) is 16.3. The van der Waals surface area contributed by atoms with E-state index in [1.165, 1.54) is 18.2 Å². The van der Waals surface area contributed by atoms with Crippen LogP contribution in [0, 0.1) is 11.6 Å². The summed E-state index contributed by atoms with van der Waals surface area (Å²) >= 11 is 0. The van der Waals surface area contributed by atoms with Gasteiger partial charge in [-0.2, -0.15) is 0 Å². The fourth-order valence-electron chi connectivity index (χ4n) is 2.85. The quantitative estimate of drug-likeness (QED) is 0.575. The molecule has 1 aliphatic heterocycles. The molecule has 0 radical (unpaired) electrons. The number of esters is 1. The minimum Gasteiger partial charge on any atom is -0.490 e. The number of rotatable bonds is 6. The number of carbonyl (C=O) groups excluding carboxylic acids is 2. The molecule has 1 N–H and O–H groups in total. The van der Waals surface area contributed by atoms with E-state index in [1.54, 1.807) is 25.1 Å². The van der Waals surface area contributed by atoms with E-state index in [1.807, 2.05) is 0 Å². The van der Waals surface area contributed by atoms with Crippen molar-refractivity contribution in [2.24, 2.45) is 0 Å². The Bertz CT molecular complexity index is 961. The van der Waals surface area contributed by atoms with E-state index in [9.17, 15) is 18.4 Å². The number of amides is 1. The molecule has 1 heterocycles. The largest absolute Gasteiger partial charge is 0.490 e. The second-order valence-corrected chi connectivity index (χ2v) is 6.65. The van der Waals surface area contributed by atoms with Crippen molar-refractivity contribution < 1.29 is 32.6 Å². The van der Waals surface area contributed by atoms with Crippen molar-refractivity contribution in [3.63, 3.8) is 0 Å². The summed E-state index contributed by atoms with van der Waals surface area (Å²) in [7, 11) is 0. The van der Waals surface area contributed by atoms with E-state index in [0.29, 0.717) is 30.3 Å². The lowest BCUT2D eigenvalue weighted by atomic mass is 10.1. The fraction of sp³-hybridized carbons (Fsp3) is 0.273. The number of ether oxygens (including phenoxy) is 3. The first-order valence-corrected chi connectivity index (χ1v) is 9.41. The maximum atomic E-state index is 13.8. The summed E-state index contributed by atoms with van der Waals surface area (Å²) in [6.07, 6.45) is 3.52. The summed E-state index contributed by atoms with van der Waals surface area (Å²) in [5, 5.41) is 2.49. The molecule has 2 aromatic carbocycles. The third kappa shape index (κ3) is 5.79. The van der Waals surface area contributed by atoms with Gasteiger partial charge < -0.3 is 19.5 Å². The van der Waals surface area contributed by atoms with Crippen molar-refractivity contribution in [3.05, 3.63) is 65.2 Å². The van der Waals surface area contributed by atoms with Crippen LogP contribution < -0.4 is 14.8 Å². The van der Waals surface area contributed by atoms with Crippen molar-refractivity contribution in [2.75, 3.05) is 19.8 Å².